The smallest absolute Gasteiger partial charge is 0.302 e. The number of rotatable bonds is 8. The summed E-state index contributed by atoms with van der Waals surface area (Å²) in [5, 5.41) is 0. The van der Waals surface area contributed by atoms with Crippen molar-refractivity contribution in [2.45, 2.75) is 60.3 Å². The second kappa shape index (κ2) is 12.9. The van der Waals surface area contributed by atoms with Gasteiger partial charge in [0.05, 0.1) is 13.2 Å². The number of hydrogen-bond donors (Lipinski definition) is 0. The van der Waals surface area contributed by atoms with E-state index in [9.17, 15) is 9.18 Å². The molecule has 0 aliphatic heterocycles. The molecule has 0 amide bonds. The Bertz CT molecular complexity index is 444. The zero-order valence-corrected chi connectivity index (χ0v) is 15.2. The molecule has 0 N–H and O–H groups in total. The SMILES string of the molecule is CC(=O)OCCCCc1cccc(OCC(C)C)c1F.CCC. The van der Waals surface area contributed by atoms with Crippen molar-refractivity contribution < 1.29 is 18.7 Å². The standard InChI is InChI=1S/C16H23FO3.C3H8/c1-12(2)11-20-15-9-6-8-14(16(15)17)7-4-5-10-19-13(3)18;1-3-2/h6,8-9,12H,4-5,7,10-11H2,1-3H3;3H2,1-2H3. The first-order valence-electron chi connectivity index (χ1n) is 8.45. The molecule has 0 aliphatic carbocycles. The van der Waals surface area contributed by atoms with Crippen molar-refractivity contribution in [2.24, 2.45) is 5.92 Å². The van der Waals surface area contributed by atoms with Gasteiger partial charge in [0.25, 0.3) is 0 Å². The highest BCUT2D eigenvalue weighted by atomic mass is 19.1. The van der Waals surface area contributed by atoms with Crippen molar-refractivity contribution in [2.75, 3.05) is 13.2 Å². The van der Waals surface area contributed by atoms with Gasteiger partial charge in [-0.2, -0.15) is 0 Å². The zero-order valence-electron chi connectivity index (χ0n) is 15.2. The minimum absolute atomic E-state index is 0.277. The maximum Gasteiger partial charge on any atom is 0.302 e. The van der Waals surface area contributed by atoms with Crippen LogP contribution in [0, 0.1) is 11.7 Å². The number of hydrogen-bond acceptors (Lipinski definition) is 3. The molecule has 0 bridgehead atoms. The van der Waals surface area contributed by atoms with E-state index in [0.717, 1.165) is 12.8 Å². The molecule has 1 aromatic carbocycles. The Morgan fingerprint density at radius 1 is 1.22 bits per heavy atom. The number of ether oxygens (including phenoxy) is 2. The highest BCUT2D eigenvalue weighted by molar-refractivity contribution is 5.65. The molecule has 0 heterocycles. The number of carbonyl (C=O) groups excluding carboxylic acids is 1. The summed E-state index contributed by atoms with van der Waals surface area (Å²) in [6.07, 6.45) is 3.37. The van der Waals surface area contributed by atoms with E-state index in [-0.39, 0.29) is 11.8 Å². The summed E-state index contributed by atoms with van der Waals surface area (Å²) in [4.78, 5) is 10.6. The van der Waals surface area contributed by atoms with Crippen LogP contribution in [0.1, 0.15) is 59.4 Å². The molecular formula is C19H31FO3. The Morgan fingerprint density at radius 3 is 2.43 bits per heavy atom. The lowest BCUT2D eigenvalue weighted by atomic mass is 10.1. The van der Waals surface area contributed by atoms with E-state index in [4.69, 9.17) is 9.47 Å². The van der Waals surface area contributed by atoms with Gasteiger partial charge in [0.2, 0.25) is 0 Å². The summed E-state index contributed by atoms with van der Waals surface area (Å²) in [5.74, 6) is 0.124. The molecule has 0 aliphatic rings. The number of halogens is 1. The van der Waals surface area contributed by atoms with E-state index >= 15 is 0 Å². The van der Waals surface area contributed by atoms with Crippen molar-refractivity contribution in [3.63, 3.8) is 0 Å². The third-order valence-electron chi connectivity index (χ3n) is 2.76. The molecule has 0 saturated carbocycles. The molecule has 132 valence electrons. The number of carbonyl (C=O) groups is 1. The Morgan fingerprint density at radius 2 is 1.87 bits per heavy atom. The van der Waals surface area contributed by atoms with Gasteiger partial charge in [0, 0.05) is 6.92 Å². The molecular weight excluding hydrogens is 295 g/mol. The van der Waals surface area contributed by atoms with Crippen LogP contribution in [0.2, 0.25) is 0 Å². The molecule has 0 unspecified atom stereocenters. The van der Waals surface area contributed by atoms with Crippen LogP contribution in [-0.2, 0) is 16.0 Å². The Hall–Kier alpha value is -1.58. The van der Waals surface area contributed by atoms with E-state index in [1.54, 1.807) is 18.2 Å². The van der Waals surface area contributed by atoms with Gasteiger partial charge in [0.1, 0.15) is 0 Å². The molecule has 0 fully saturated rings. The van der Waals surface area contributed by atoms with Crippen molar-refractivity contribution in [1.29, 1.82) is 0 Å². The van der Waals surface area contributed by atoms with Crippen molar-refractivity contribution in [3.05, 3.63) is 29.6 Å². The fraction of sp³-hybridized carbons (Fsp3) is 0.632. The van der Waals surface area contributed by atoms with Crippen LogP contribution in [-0.4, -0.2) is 19.2 Å². The Balaban J connectivity index is 0.00000149. The average molecular weight is 326 g/mol. The molecule has 0 radical (unpaired) electrons. The van der Waals surface area contributed by atoms with Gasteiger partial charge in [0.15, 0.2) is 11.6 Å². The highest BCUT2D eigenvalue weighted by Crippen LogP contribution is 2.22. The molecule has 0 saturated heterocycles. The maximum absolute atomic E-state index is 14.2. The van der Waals surface area contributed by atoms with Gasteiger partial charge in [-0.25, -0.2) is 4.39 Å². The fourth-order valence-corrected chi connectivity index (χ4v) is 1.75. The summed E-state index contributed by atoms with van der Waals surface area (Å²) in [5.41, 5.74) is 0.647. The van der Waals surface area contributed by atoms with Crippen LogP contribution in [0.4, 0.5) is 4.39 Å². The van der Waals surface area contributed by atoms with Crippen molar-refractivity contribution in [1.82, 2.24) is 0 Å². The van der Waals surface area contributed by atoms with E-state index in [1.807, 2.05) is 13.8 Å². The minimum atomic E-state index is -0.278. The van der Waals surface area contributed by atoms with Gasteiger partial charge in [-0.05, 0) is 36.8 Å². The predicted octanol–water partition coefficient (Wildman–Crippen LogP) is 5.16. The summed E-state index contributed by atoms with van der Waals surface area (Å²) in [6, 6.07) is 5.23. The normalized spacial score (nSPS) is 10.0. The first-order chi connectivity index (χ1) is 10.9. The summed E-state index contributed by atoms with van der Waals surface area (Å²) >= 11 is 0. The lowest BCUT2D eigenvalue weighted by Crippen LogP contribution is -2.07. The molecule has 1 rings (SSSR count). The Kier molecular flexibility index (Phi) is 12.0. The molecule has 0 aromatic heterocycles. The molecule has 4 heteroatoms. The average Bonchev–Trinajstić information content (AvgIpc) is 2.47. The monoisotopic (exact) mass is 326 g/mol. The number of esters is 1. The number of benzene rings is 1. The first kappa shape index (κ1) is 21.4. The molecule has 1 aromatic rings. The third kappa shape index (κ3) is 10.7. The fourth-order valence-electron chi connectivity index (χ4n) is 1.75. The van der Waals surface area contributed by atoms with Gasteiger partial charge in [-0.15, -0.1) is 0 Å². The van der Waals surface area contributed by atoms with E-state index in [0.29, 0.717) is 36.9 Å². The van der Waals surface area contributed by atoms with E-state index < -0.39 is 0 Å². The second-order valence-electron chi connectivity index (χ2n) is 5.94. The first-order valence-corrected chi connectivity index (χ1v) is 8.45. The lowest BCUT2D eigenvalue weighted by Gasteiger charge is -2.11. The van der Waals surface area contributed by atoms with Crippen LogP contribution >= 0.6 is 0 Å². The van der Waals surface area contributed by atoms with Crippen LogP contribution in [0.25, 0.3) is 0 Å². The van der Waals surface area contributed by atoms with Gasteiger partial charge in [-0.1, -0.05) is 46.2 Å². The Labute approximate surface area is 140 Å². The van der Waals surface area contributed by atoms with Crippen molar-refractivity contribution >= 4 is 5.97 Å². The lowest BCUT2D eigenvalue weighted by molar-refractivity contribution is -0.141. The summed E-state index contributed by atoms with van der Waals surface area (Å²) < 4.78 is 24.4. The van der Waals surface area contributed by atoms with Gasteiger partial charge < -0.3 is 9.47 Å². The largest absolute Gasteiger partial charge is 0.490 e. The highest BCUT2D eigenvalue weighted by Gasteiger charge is 2.09. The predicted molar refractivity (Wildman–Crippen MR) is 92.3 cm³/mol. The van der Waals surface area contributed by atoms with E-state index in [2.05, 4.69) is 13.8 Å². The van der Waals surface area contributed by atoms with Crippen LogP contribution in [0.5, 0.6) is 5.75 Å². The van der Waals surface area contributed by atoms with E-state index in [1.165, 1.54) is 13.3 Å². The zero-order chi connectivity index (χ0) is 17.7. The second-order valence-corrected chi connectivity index (χ2v) is 5.94. The quantitative estimate of drug-likeness (QED) is 0.489. The van der Waals surface area contributed by atoms with Crippen LogP contribution in [0.3, 0.4) is 0 Å². The molecule has 3 nitrogen and oxygen atoms in total. The summed E-state index contributed by atoms with van der Waals surface area (Å²) in [6.45, 7) is 10.6. The number of unbranched alkanes of at least 4 members (excludes halogenated alkanes) is 1. The van der Waals surface area contributed by atoms with Crippen LogP contribution in [0.15, 0.2) is 18.2 Å². The van der Waals surface area contributed by atoms with Crippen molar-refractivity contribution in [3.8, 4) is 5.75 Å². The molecule has 0 atom stereocenters. The van der Waals surface area contributed by atoms with Gasteiger partial charge >= 0.3 is 5.97 Å². The summed E-state index contributed by atoms with van der Waals surface area (Å²) in [7, 11) is 0. The third-order valence-corrected chi connectivity index (χ3v) is 2.76. The molecule has 0 spiro atoms. The topological polar surface area (TPSA) is 35.5 Å². The van der Waals surface area contributed by atoms with Crippen LogP contribution < -0.4 is 4.74 Å². The number of aryl methyl sites for hydroxylation is 1. The maximum atomic E-state index is 14.2. The minimum Gasteiger partial charge on any atom is -0.490 e. The molecule has 23 heavy (non-hydrogen) atoms. The van der Waals surface area contributed by atoms with Gasteiger partial charge in [-0.3, -0.25) is 4.79 Å².